The van der Waals surface area contributed by atoms with Crippen LogP contribution < -0.4 is 15.4 Å². The number of methoxy groups -OCH3 is 1. The third-order valence-electron chi connectivity index (χ3n) is 3.31. The zero-order chi connectivity index (χ0) is 17.8. The second kappa shape index (κ2) is 7.23. The Labute approximate surface area is 149 Å². The fraction of sp³-hybridized carbons (Fsp3) is 0.118. The molecule has 7 nitrogen and oxygen atoms in total. The van der Waals surface area contributed by atoms with Crippen LogP contribution >= 0.6 is 11.6 Å². The molecule has 3 rings (SSSR count). The van der Waals surface area contributed by atoms with E-state index in [9.17, 15) is 4.79 Å². The third-order valence-corrected chi connectivity index (χ3v) is 3.55. The lowest BCUT2D eigenvalue weighted by atomic mass is 10.2. The van der Waals surface area contributed by atoms with Crippen LogP contribution in [0.25, 0.3) is 0 Å². The molecular weight excluding hydrogens is 344 g/mol. The average molecular weight is 359 g/mol. The lowest BCUT2D eigenvalue weighted by molar-refractivity contribution is 0.102. The van der Waals surface area contributed by atoms with E-state index in [1.807, 2.05) is 0 Å². The van der Waals surface area contributed by atoms with Gasteiger partial charge in [0.2, 0.25) is 0 Å². The van der Waals surface area contributed by atoms with Crippen molar-refractivity contribution in [3.8, 4) is 5.75 Å². The van der Waals surface area contributed by atoms with Gasteiger partial charge in [-0.3, -0.25) is 9.78 Å². The molecule has 0 spiro atoms. The van der Waals surface area contributed by atoms with Crippen molar-refractivity contribution in [1.29, 1.82) is 0 Å². The highest BCUT2D eigenvalue weighted by Gasteiger charge is 2.11. The first-order chi connectivity index (χ1) is 12.0. The van der Waals surface area contributed by atoms with Crippen LogP contribution in [0, 0.1) is 6.92 Å². The maximum Gasteiger partial charge on any atom is 0.258 e. The quantitative estimate of drug-likeness (QED) is 0.715. The second-order valence-corrected chi connectivity index (χ2v) is 5.65. The van der Waals surface area contributed by atoms with Gasteiger partial charge in [-0.25, -0.2) is 0 Å². The molecule has 3 aromatic rings. The van der Waals surface area contributed by atoms with Crippen LogP contribution in [0.5, 0.6) is 5.75 Å². The molecule has 128 valence electrons. The topological polar surface area (TPSA) is 89.3 Å². The van der Waals surface area contributed by atoms with Gasteiger partial charge in [-0.2, -0.15) is 0 Å². The van der Waals surface area contributed by atoms with E-state index in [2.05, 4.69) is 20.8 Å². The van der Waals surface area contributed by atoms with Crippen molar-refractivity contribution in [3.63, 3.8) is 0 Å². The molecule has 0 aliphatic rings. The number of nitrogens with one attached hydrogen (secondary N) is 2. The van der Waals surface area contributed by atoms with Gasteiger partial charge in [-0.1, -0.05) is 16.8 Å². The molecule has 0 bridgehead atoms. The summed E-state index contributed by atoms with van der Waals surface area (Å²) in [5.74, 6) is 1.23. The number of aryl methyl sites for hydroxylation is 1. The standard InChI is InChI=1S/C17H15ClN4O3/c1-10-5-16(22-25-10)21-17(23)11-6-13(9-19-8-11)20-14-7-12(18)3-4-15(14)24-2/h3-9,20H,1-2H3,(H,21,22,23). The van der Waals surface area contributed by atoms with Crippen molar-refractivity contribution in [2.45, 2.75) is 6.92 Å². The zero-order valence-corrected chi connectivity index (χ0v) is 14.3. The summed E-state index contributed by atoms with van der Waals surface area (Å²) in [6.45, 7) is 1.74. The van der Waals surface area contributed by atoms with Crippen molar-refractivity contribution in [2.75, 3.05) is 17.7 Å². The molecule has 0 unspecified atom stereocenters. The summed E-state index contributed by atoms with van der Waals surface area (Å²) in [6, 6.07) is 8.50. The first-order valence-corrected chi connectivity index (χ1v) is 7.73. The average Bonchev–Trinajstić information content (AvgIpc) is 3.00. The van der Waals surface area contributed by atoms with Gasteiger partial charge in [0.15, 0.2) is 5.82 Å². The Morgan fingerprint density at radius 2 is 2.08 bits per heavy atom. The molecule has 2 aromatic heterocycles. The monoisotopic (exact) mass is 358 g/mol. The van der Waals surface area contributed by atoms with E-state index >= 15 is 0 Å². The van der Waals surface area contributed by atoms with Crippen LogP contribution in [-0.2, 0) is 0 Å². The Morgan fingerprint density at radius 3 is 2.80 bits per heavy atom. The molecule has 0 atom stereocenters. The summed E-state index contributed by atoms with van der Waals surface area (Å²) in [5.41, 5.74) is 1.65. The number of hydrogen-bond acceptors (Lipinski definition) is 6. The number of carbonyl (C=O) groups excluding carboxylic acids is 1. The molecule has 0 saturated heterocycles. The van der Waals surface area contributed by atoms with Crippen molar-refractivity contribution < 1.29 is 14.1 Å². The Bertz CT molecular complexity index is 910. The van der Waals surface area contributed by atoms with E-state index in [1.54, 1.807) is 50.6 Å². The van der Waals surface area contributed by atoms with Gasteiger partial charge in [0.1, 0.15) is 11.5 Å². The van der Waals surface area contributed by atoms with E-state index in [-0.39, 0.29) is 5.91 Å². The van der Waals surface area contributed by atoms with Crippen LogP contribution in [0.4, 0.5) is 17.2 Å². The molecule has 25 heavy (non-hydrogen) atoms. The fourth-order valence-corrected chi connectivity index (χ4v) is 2.35. The number of aromatic nitrogens is 2. The lowest BCUT2D eigenvalue weighted by Gasteiger charge is -2.12. The number of benzene rings is 1. The minimum Gasteiger partial charge on any atom is -0.495 e. The minimum atomic E-state index is -0.345. The molecule has 1 amide bonds. The van der Waals surface area contributed by atoms with Gasteiger partial charge in [0, 0.05) is 17.3 Å². The van der Waals surface area contributed by atoms with Crippen molar-refractivity contribution >= 4 is 34.7 Å². The predicted octanol–water partition coefficient (Wildman–Crippen LogP) is 4.04. The number of amides is 1. The highest BCUT2D eigenvalue weighted by atomic mass is 35.5. The fourth-order valence-electron chi connectivity index (χ4n) is 2.18. The van der Waals surface area contributed by atoms with Gasteiger partial charge in [-0.15, -0.1) is 0 Å². The Kier molecular flexibility index (Phi) is 4.85. The number of ether oxygens (including phenoxy) is 1. The third kappa shape index (κ3) is 4.07. The van der Waals surface area contributed by atoms with Crippen LogP contribution in [0.3, 0.4) is 0 Å². The molecular formula is C17H15ClN4O3. The number of nitrogens with zero attached hydrogens (tertiary/aromatic N) is 2. The maximum atomic E-state index is 12.3. The van der Waals surface area contributed by atoms with Crippen molar-refractivity contribution in [1.82, 2.24) is 10.1 Å². The zero-order valence-electron chi connectivity index (χ0n) is 13.5. The number of halogens is 1. The van der Waals surface area contributed by atoms with E-state index in [4.69, 9.17) is 20.9 Å². The first-order valence-electron chi connectivity index (χ1n) is 7.35. The summed E-state index contributed by atoms with van der Waals surface area (Å²) in [4.78, 5) is 16.4. The Morgan fingerprint density at radius 1 is 1.24 bits per heavy atom. The minimum absolute atomic E-state index is 0.345. The normalized spacial score (nSPS) is 10.4. The molecule has 0 aliphatic heterocycles. The van der Waals surface area contributed by atoms with Gasteiger partial charge in [0.05, 0.1) is 30.2 Å². The molecule has 0 aliphatic carbocycles. The molecule has 0 radical (unpaired) electrons. The number of hydrogen-bond donors (Lipinski definition) is 2. The van der Waals surface area contributed by atoms with Crippen LogP contribution in [0.2, 0.25) is 5.02 Å². The molecule has 0 fully saturated rings. The number of anilines is 3. The Hall–Kier alpha value is -3.06. The predicted molar refractivity (Wildman–Crippen MR) is 94.7 cm³/mol. The first kappa shape index (κ1) is 16.8. The van der Waals surface area contributed by atoms with E-state index in [1.165, 1.54) is 6.20 Å². The molecule has 1 aromatic carbocycles. The molecule has 2 heterocycles. The highest BCUT2D eigenvalue weighted by Crippen LogP contribution is 2.30. The maximum absolute atomic E-state index is 12.3. The summed E-state index contributed by atoms with van der Waals surface area (Å²) < 4.78 is 10.2. The van der Waals surface area contributed by atoms with Gasteiger partial charge in [0.25, 0.3) is 5.91 Å². The van der Waals surface area contributed by atoms with Gasteiger partial charge >= 0.3 is 0 Å². The van der Waals surface area contributed by atoms with Crippen molar-refractivity contribution in [3.05, 3.63) is 59.1 Å². The SMILES string of the molecule is COc1ccc(Cl)cc1Nc1cncc(C(=O)Nc2cc(C)on2)c1. The van der Waals surface area contributed by atoms with E-state index in [0.29, 0.717) is 39.3 Å². The molecule has 0 saturated carbocycles. The lowest BCUT2D eigenvalue weighted by Crippen LogP contribution is -2.12. The summed E-state index contributed by atoms with van der Waals surface area (Å²) >= 11 is 6.02. The Balaban J connectivity index is 1.79. The summed E-state index contributed by atoms with van der Waals surface area (Å²) in [6.07, 6.45) is 3.06. The van der Waals surface area contributed by atoms with Crippen LogP contribution in [-0.4, -0.2) is 23.2 Å². The van der Waals surface area contributed by atoms with Gasteiger partial charge < -0.3 is 19.9 Å². The largest absolute Gasteiger partial charge is 0.495 e. The van der Waals surface area contributed by atoms with Gasteiger partial charge in [-0.05, 0) is 31.2 Å². The summed E-state index contributed by atoms with van der Waals surface area (Å²) in [5, 5.41) is 10.1. The van der Waals surface area contributed by atoms with E-state index < -0.39 is 0 Å². The smallest absolute Gasteiger partial charge is 0.258 e. The number of rotatable bonds is 5. The second-order valence-electron chi connectivity index (χ2n) is 5.21. The molecule has 8 heteroatoms. The van der Waals surface area contributed by atoms with Crippen LogP contribution in [0.15, 0.2) is 47.2 Å². The number of pyridine rings is 1. The molecule has 2 N–H and O–H groups in total. The van der Waals surface area contributed by atoms with Crippen molar-refractivity contribution in [2.24, 2.45) is 0 Å². The number of carbonyl (C=O) groups is 1. The van der Waals surface area contributed by atoms with E-state index in [0.717, 1.165) is 0 Å². The van der Waals surface area contributed by atoms with Crippen LogP contribution in [0.1, 0.15) is 16.1 Å². The summed E-state index contributed by atoms with van der Waals surface area (Å²) in [7, 11) is 1.57. The highest BCUT2D eigenvalue weighted by molar-refractivity contribution is 6.31.